The summed E-state index contributed by atoms with van der Waals surface area (Å²) in [6.07, 6.45) is 1.46. The molecule has 0 aliphatic carbocycles. The Balaban J connectivity index is 1.92. The number of nitrogens with one attached hydrogen (secondary N) is 1. The molecule has 0 aliphatic rings. The van der Waals surface area contributed by atoms with E-state index in [2.05, 4.69) is 15.3 Å². The number of aromatic nitrogens is 2. The molecule has 5 heteroatoms. The van der Waals surface area contributed by atoms with Gasteiger partial charge < -0.3 is 10.1 Å². The third kappa shape index (κ3) is 2.91. The molecule has 2 aromatic carbocycles. The fourth-order valence-electron chi connectivity index (χ4n) is 2.07. The highest BCUT2D eigenvalue weighted by molar-refractivity contribution is 5.90. The van der Waals surface area contributed by atoms with Gasteiger partial charge in [-0.25, -0.2) is 14.4 Å². The second kappa shape index (κ2) is 5.75. The van der Waals surface area contributed by atoms with E-state index >= 15 is 0 Å². The molecule has 0 saturated heterocycles. The van der Waals surface area contributed by atoms with Crippen LogP contribution in [0.4, 0.5) is 15.9 Å². The minimum Gasteiger partial charge on any atom is -0.494 e. The van der Waals surface area contributed by atoms with Gasteiger partial charge in [0.15, 0.2) is 0 Å². The Bertz CT molecular complexity index is 759. The number of anilines is 2. The lowest BCUT2D eigenvalue weighted by atomic mass is 10.2. The van der Waals surface area contributed by atoms with Crippen LogP contribution in [-0.4, -0.2) is 16.6 Å². The van der Waals surface area contributed by atoms with Crippen LogP contribution in [0.15, 0.2) is 48.8 Å². The number of benzene rings is 2. The average molecular weight is 283 g/mol. The van der Waals surface area contributed by atoms with Gasteiger partial charge in [-0.1, -0.05) is 0 Å². The summed E-state index contributed by atoms with van der Waals surface area (Å²) in [6, 6.07) is 12.0. The third-order valence-electron chi connectivity index (χ3n) is 3.03. The quantitative estimate of drug-likeness (QED) is 0.788. The second-order valence-electron chi connectivity index (χ2n) is 4.47. The highest BCUT2D eigenvalue weighted by Gasteiger charge is 2.05. The lowest BCUT2D eigenvalue weighted by Crippen LogP contribution is -1.97. The predicted octanol–water partition coefficient (Wildman–Crippen LogP) is 3.91. The van der Waals surface area contributed by atoms with Gasteiger partial charge in [0.1, 0.15) is 23.7 Å². The lowest BCUT2D eigenvalue weighted by molar-refractivity contribution is 0.340. The van der Waals surface area contributed by atoms with E-state index in [0.29, 0.717) is 23.3 Å². The zero-order valence-electron chi connectivity index (χ0n) is 11.5. The molecule has 3 rings (SSSR count). The summed E-state index contributed by atoms with van der Waals surface area (Å²) in [4.78, 5) is 8.31. The topological polar surface area (TPSA) is 47.0 Å². The fraction of sp³-hybridized carbons (Fsp3) is 0.125. The number of ether oxygens (including phenoxy) is 1. The normalized spacial score (nSPS) is 10.6. The van der Waals surface area contributed by atoms with Crippen LogP contribution >= 0.6 is 0 Å². The van der Waals surface area contributed by atoms with Gasteiger partial charge in [-0.05, 0) is 49.4 Å². The molecule has 1 N–H and O–H groups in total. The van der Waals surface area contributed by atoms with E-state index in [1.54, 1.807) is 6.07 Å². The Labute approximate surface area is 121 Å². The average Bonchev–Trinajstić information content (AvgIpc) is 2.50. The van der Waals surface area contributed by atoms with Crippen molar-refractivity contribution in [2.24, 2.45) is 0 Å². The van der Waals surface area contributed by atoms with Crippen LogP contribution < -0.4 is 10.1 Å². The van der Waals surface area contributed by atoms with E-state index in [4.69, 9.17) is 4.74 Å². The molecule has 0 amide bonds. The van der Waals surface area contributed by atoms with E-state index in [9.17, 15) is 4.39 Å². The second-order valence-corrected chi connectivity index (χ2v) is 4.47. The van der Waals surface area contributed by atoms with E-state index in [1.165, 1.54) is 18.5 Å². The van der Waals surface area contributed by atoms with Crippen molar-refractivity contribution in [1.82, 2.24) is 9.97 Å². The maximum absolute atomic E-state index is 13.4. The van der Waals surface area contributed by atoms with Gasteiger partial charge in [-0.15, -0.1) is 0 Å². The zero-order chi connectivity index (χ0) is 14.7. The summed E-state index contributed by atoms with van der Waals surface area (Å²) in [5, 5.41) is 3.81. The van der Waals surface area contributed by atoms with Crippen LogP contribution in [0.3, 0.4) is 0 Å². The smallest absolute Gasteiger partial charge is 0.141 e. The maximum atomic E-state index is 13.4. The number of hydrogen-bond acceptors (Lipinski definition) is 4. The zero-order valence-corrected chi connectivity index (χ0v) is 11.5. The van der Waals surface area contributed by atoms with Crippen molar-refractivity contribution in [3.63, 3.8) is 0 Å². The Morgan fingerprint density at radius 2 is 1.90 bits per heavy atom. The first kappa shape index (κ1) is 13.3. The first-order valence-electron chi connectivity index (χ1n) is 6.66. The molecule has 0 saturated carbocycles. The fourth-order valence-corrected chi connectivity index (χ4v) is 2.07. The molecule has 0 unspecified atom stereocenters. The predicted molar refractivity (Wildman–Crippen MR) is 80.4 cm³/mol. The molecule has 0 radical (unpaired) electrons. The molecule has 0 atom stereocenters. The van der Waals surface area contributed by atoms with Crippen LogP contribution in [0.1, 0.15) is 6.92 Å². The number of nitrogens with zero attached hydrogens (tertiary/aromatic N) is 2. The molecule has 0 spiro atoms. The van der Waals surface area contributed by atoms with Crippen molar-refractivity contribution in [3.8, 4) is 5.75 Å². The molecule has 106 valence electrons. The van der Waals surface area contributed by atoms with E-state index < -0.39 is 0 Å². The number of rotatable bonds is 4. The van der Waals surface area contributed by atoms with Gasteiger partial charge in [0.2, 0.25) is 0 Å². The first-order chi connectivity index (χ1) is 10.3. The van der Waals surface area contributed by atoms with Gasteiger partial charge in [0.25, 0.3) is 0 Å². The molecule has 3 aromatic rings. The third-order valence-corrected chi connectivity index (χ3v) is 3.03. The van der Waals surface area contributed by atoms with Crippen LogP contribution in [0.25, 0.3) is 10.9 Å². The monoisotopic (exact) mass is 283 g/mol. The van der Waals surface area contributed by atoms with Gasteiger partial charge >= 0.3 is 0 Å². The lowest BCUT2D eigenvalue weighted by Gasteiger charge is -2.09. The van der Waals surface area contributed by atoms with Crippen molar-refractivity contribution in [3.05, 3.63) is 54.6 Å². The van der Waals surface area contributed by atoms with Gasteiger partial charge in [-0.2, -0.15) is 0 Å². The number of halogens is 1. The highest BCUT2D eigenvalue weighted by atomic mass is 19.1. The van der Waals surface area contributed by atoms with Gasteiger partial charge in [-0.3, -0.25) is 0 Å². The summed E-state index contributed by atoms with van der Waals surface area (Å²) in [7, 11) is 0. The molecule has 0 aliphatic heterocycles. The molecule has 1 heterocycles. The number of fused-ring (bicyclic) bond motifs is 1. The summed E-state index contributed by atoms with van der Waals surface area (Å²) in [5.74, 6) is 1.07. The van der Waals surface area contributed by atoms with E-state index in [-0.39, 0.29) is 5.82 Å². The Morgan fingerprint density at radius 3 is 2.67 bits per heavy atom. The summed E-state index contributed by atoms with van der Waals surface area (Å²) in [6.45, 7) is 2.57. The Kier molecular flexibility index (Phi) is 3.64. The van der Waals surface area contributed by atoms with Crippen LogP contribution in [0.5, 0.6) is 5.75 Å². The van der Waals surface area contributed by atoms with Crippen LogP contribution in [0, 0.1) is 5.82 Å². The van der Waals surface area contributed by atoms with Crippen molar-refractivity contribution >= 4 is 22.4 Å². The van der Waals surface area contributed by atoms with Crippen LogP contribution in [-0.2, 0) is 0 Å². The summed E-state index contributed by atoms with van der Waals surface area (Å²) in [5.41, 5.74) is 1.54. The van der Waals surface area contributed by atoms with Gasteiger partial charge in [0, 0.05) is 11.1 Å². The van der Waals surface area contributed by atoms with Crippen molar-refractivity contribution in [2.45, 2.75) is 6.92 Å². The Morgan fingerprint density at radius 1 is 1.10 bits per heavy atom. The molecule has 0 fully saturated rings. The maximum Gasteiger partial charge on any atom is 0.141 e. The summed E-state index contributed by atoms with van der Waals surface area (Å²) < 4.78 is 18.8. The summed E-state index contributed by atoms with van der Waals surface area (Å²) >= 11 is 0. The van der Waals surface area contributed by atoms with Crippen molar-refractivity contribution in [2.75, 3.05) is 11.9 Å². The molecule has 1 aromatic heterocycles. The Hall–Kier alpha value is -2.69. The van der Waals surface area contributed by atoms with Crippen molar-refractivity contribution < 1.29 is 9.13 Å². The molecular weight excluding hydrogens is 269 g/mol. The van der Waals surface area contributed by atoms with E-state index in [1.807, 2.05) is 31.2 Å². The first-order valence-corrected chi connectivity index (χ1v) is 6.66. The number of hydrogen-bond donors (Lipinski definition) is 1. The van der Waals surface area contributed by atoms with Gasteiger partial charge in [0.05, 0.1) is 12.1 Å². The minimum atomic E-state index is -0.313. The molecular formula is C16H14FN3O. The SMILES string of the molecule is CCOc1ccc(Nc2ncnc3ccc(F)cc23)cc1. The molecule has 4 nitrogen and oxygen atoms in total. The van der Waals surface area contributed by atoms with E-state index in [0.717, 1.165) is 11.4 Å². The van der Waals surface area contributed by atoms with Crippen LogP contribution in [0.2, 0.25) is 0 Å². The largest absolute Gasteiger partial charge is 0.494 e. The molecule has 21 heavy (non-hydrogen) atoms. The highest BCUT2D eigenvalue weighted by Crippen LogP contribution is 2.24. The minimum absolute atomic E-state index is 0.313. The molecule has 0 bridgehead atoms. The van der Waals surface area contributed by atoms with Crippen molar-refractivity contribution in [1.29, 1.82) is 0 Å². The standard InChI is InChI=1S/C16H14FN3O/c1-2-21-13-6-4-12(5-7-13)20-16-14-9-11(17)3-8-15(14)18-10-19-16/h3-10H,2H2,1H3,(H,18,19,20).